The van der Waals surface area contributed by atoms with Gasteiger partial charge in [-0.05, 0) is 86.9 Å². The second-order valence-corrected chi connectivity index (χ2v) is 10.0. The van der Waals surface area contributed by atoms with Gasteiger partial charge >= 0.3 is 5.97 Å². The maximum Gasteiger partial charge on any atom is 0.303 e. The minimum atomic E-state index is -0.764. The minimum absolute atomic E-state index is 0.157. The van der Waals surface area contributed by atoms with Crippen molar-refractivity contribution < 1.29 is 28.2 Å². The van der Waals surface area contributed by atoms with E-state index in [1.807, 2.05) is 24.4 Å². The number of ether oxygens (including phenoxy) is 2. The fraction of sp³-hybridized carbons (Fsp3) is 0.448. The number of benzene rings is 2. The van der Waals surface area contributed by atoms with E-state index in [1.54, 1.807) is 7.11 Å². The number of fused-ring (bicyclic) bond motifs is 1. The topological polar surface area (TPSA) is 71.9 Å². The van der Waals surface area contributed by atoms with Crippen molar-refractivity contribution in [1.82, 2.24) is 9.88 Å². The van der Waals surface area contributed by atoms with Gasteiger partial charge in [0.2, 0.25) is 0 Å². The summed E-state index contributed by atoms with van der Waals surface area (Å²) in [7, 11) is 1.65. The SMILES string of the molecule is COc1ccc2ncc(C)c(CCCC3(CC(=O)O)CCN(CCOc4cc(F)cc(F)c4)CC3)c2c1. The third-order valence-corrected chi connectivity index (χ3v) is 7.49. The van der Waals surface area contributed by atoms with E-state index in [1.165, 1.54) is 17.7 Å². The van der Waals surface area contributed by atoms with Crippen LogP contribution in [0.25, 0.3) is 10.9 Å². The quantitative estimate of drug-likeness (QED) is 0.351. The van der Waals surface area contributed by atoms with Crippen LogP contribution >= 0.6 is 0 Å². The highest BCUT2D eigenvalue weighted by molar-refractivity contribution is 5.84. The van der Waals surface area contributed by atoms with Crippen molar-refractivity contribution in [3.63, 3.8) is 0 Å². The Labute approximate surface area is 216 Å². The van der Waals surface area contributed by atoms with Gasteiger partial charge in [0, 0.05) is 36.3 Å². The molecule has 0 unspecified atom stereocenters. The Bertz CT molecular complexity index is 1220. The first-order valence-electron chi connectivity index (χ1n) is 12.7. The second kappa shape index (κ2) is 11.9. The number of carboxylic acid groups (broad SMARTS) is 1. The van der Waals surface area contributed by atoms with E-state index in [-0.39, 0.29) is 17.6 Å². The summed E-state index contributed by atoms with van der Waals surface area (Å²) in [5.74, 6) is -1.13. The van der Waals surface area contributed by atoms with E-state index in [0.29, 0.717) is 13.2 Å². The van der Waals surface area contributed by atoms with Crippen LogP contribution in [0.3, 0.4) is 0 Å². The maximum absolute atomic E-state index is 13.4. The van der Waals surface area contributed by atoms with Gasteiger partial charge in [0.1, 0.15) is 29.7 Å². The predicted molar refractivity (Wildman–Crippen MR) is 138 cm³/mol. The van der Waals surface area contributed by atoms with Crippen LogP contribution < -0.4 is 9.47 Å². The number of pyridine rings is 1. The Morgan fingerprint density at radius 1 is 1.11 bits per heavy atom. The van der Waals surface area contributed by atoms with Gasteiger partial charge in [-0.3, -0.25) is 14.7 Å². The molecule has 198 valence electrons. The number of aliphatic carboxylic acids is 1. The van der Waals surface area contributed by atoms with Crippen molar-refractivity contribution in [2.75, 3.05) is 33.4 Å². The molecule has 8 heteroatoms. The van der Waals surface area contributed by atoms with Gasteiger partial charge in [-0.15, -0.1) is 0 Å². The van der Waals surface area contributed by atoms with Crippen LogP contribution in [-0.2, 0) is 11.2 Å². The summed E-state index contributed by atoms with van der Waals surface area (Å²) in [5.41, 5.74) is 3.04. The lowest BCUT2D eigenvalue weighted by Crippen LogP contribution is -2.42. The highest BCUT2D eigenvalue weighted by atomic mass is 19.1. The number of aryl methyl sites for hydroxylation is 2. The summed E-state index contributed by atoms with van der Waals surface area (Å²) in [6.07, 6.45) is 6.20. The summed E-state index contributed by atoms with van der Waals surface area (Å²) in [5, 5.41) is 10.7. The highest BCUT2D eigenvalue weighted by Crippen LogP contribution is 2.40. The van der Waals surface area contributed by atoms with Gasteiger partial charge < -0.3 is 14.6 Å². The van der Waals surface area contributed by atoms with E-state index >= 15 is 0 Å². The number of aromatic nitrogens is 1. The number of rotatable bonds is 11. The summed E-state index contributed by atoms with van der Waals surface area (Å²) in [4.78, 5) is 18.5. The number of carbonyl (C=O) groups is 1. The molecule has 1 saturated heterocycles. The molecule has 0 saturated carbocycles. The summed E-state index contributed by atoms with van der Waals surface area (Å²) < 4.78 is 37.7. The summed E-state index contributed by atoms with van der Waals surface area (Å²) >= 11 is 0. The monoisotopic (exact) mass is 512 g/mol. The van der Waals surface area contributed by atoms with Crippen LogP contribution in [0.4, 0.5) is 8.78 Å². The first-order chi connectivity index (χ1) is 17.8. The first-order valence-corrected chi connectivity index (χ1v) is 12.7. The number of hydrogen-bond acceptors (Lipinski definition) is 5. The zero-order chi connectivity index (χ0) is 26.4. The molecule has 37 heavy (non-hydrogen) atoms. The van der Waals surface area contributed by atoms with E-state index in [0.717, 1.165) is 73.5 Å². The number of methoxy groups -OCH3 is 1. The van der Waals surface area contributed by atoms with Crippen LogP contribution in [0, 0.1) is 24.0 Å². The Hall–Kier alpha value is -3.26. The molecule has 2 heterocycles. The molecule has 2 aromatic carbocycles. The van der Waals surface area contributed by atoms with Crippen molar-refractivity contribution >= 4 is 16.9 Å². The molecule has 0 spiro atoms. The molecule has 4 rings (SSSR count). The lowest BCUT2D eigenvalue weighted by Gasteiger charge is -2.41. The van der Waals surface area contributed by atoms with Crippen LogP contribution in [0.5, 0.6) is 11.5 Å². The lowest BCUT2D eigenvalue weighted by atomic mass is 9.72. The highest BCUT2D eigenvalue weighted by Gasteiger charge is 2.36. The maximum atomic E-state index is 13.4. The minimum Gasteiger partial charge on any atom is -0.497 e. The standard InChI is InChI=1S/C29H34F2N2O4/c1-20-19-32-27-6-5-23(36-2)17-26(27)25(20)4-3-7-29(18-28(34)35)8-10-33(11-9-29)12-13-37-24-15-21(30)14-22(31)16-24/h5-6,14-17,19H,3-4,7-13,18H2,1-2H3,(H,34,35). The Morgan fingerprint density at radius 2 is 1.84 bits per heavy atom. The molecule has 1 fully saturated rings. The molecule has 6 nitrogen and oxygen atoms in total. The molecule has 1 aromatic heterocycles. The molecule has 0 amide bonds. The van der Waals surface area contributed by atoms with E-state index < -0.39 is 17.6 Å². The molecule has 0 atom stereocenters. The zero-order valence-electron chi connectivity index (χ0n) is 21.4. The average molecular weight is 513 g/mol. The number of likely N-dealkylation sites (tertiary alicyclic amines) is 1. The molecule has 1 aliphatic heterocycles. The predicted octanol–water partition coefficient (Wildman–Crippen LogP) is 5.79. The fourth-order valence-corrected chi connectivity index (χ4v) is 5.42. The number of nitrogens with zero attached hydrogens (tertiary/aromatic N) is 2. The Balaban J connectivity index is 1.34. The number of hydrogen-bond donors (Lipinski definition) is 1. The van der Waals surface area contributed by atoms with Crippen LogP contribution in [0.1, 0.15) is 43.2 Å². The van der Waals surface area contributed by atoms with Crippen molar-refractivity contribution in [3.8, 4) is 11.5 Å². The van der Waals surface area contributed by atoms with Gasteiger partial charge in [-0.1, -0.05) is 0 Å². The van der Waals surface area contributed by atoms with E-state index in [9.17, 15) is 18.7 Å². The van der Waals surface area contributed by atoms with Gasteiger partial charge in [0.25, 0.3) is 0 Å². The van der Waals surface area contributed by atoms with E-state index in [2.05, 4.69) is 16.8 Å². The molecule has 1 N–H and O–H groups in total. The molecule has 1 aliphatic rings. The fourth-order valence-electron chi connectivity index (χ4n) is 5.42. The van der Waals surface area contributed by atoms with E-state index in [4.69, 9.17) is 9.47 Å². The molecule has 3 aromatic rings. The van der Waals surface area contributed by atoms with Gasteiger partial charge in [-0.2, -0.15) is 0 Å². The van der Waals surface area contributed by atoms with Crippen molar-refractivity contribution in [1.29, 1.82) is 0 Å². The molecule has 0 aliphatic carbocycles. The number of carboxylic acids is 1. The van der Waals surface area contributed by atoms with Crippen molar-refractivity contribution in [2.45, 2.75) is 45.4 Å². The lowest BCUT2D eigenvalue weighted by molar-refractivity contribution is -0.140. The van der Waals surface area contributed by atoms with Crippen molar-refractivity contribution in [2.24, 2.45) is 5.41 Å². The van der Waals surface area contributed by atoms with Gasteiger partial charge in [0.05, 0.1) is 19.0 Å². The average Bonchev–Trinajstić information content (AvgIpc) is 2.85. The number of piperidine rings is 1. The summed E-state index contributed by atoms with van der Waals surface area (Å²) in [6, 6.07) is 9.05. The third kappa shape index (κ3) is 6.95. The molecule has 0 bridgehead atoms. The molecular weight excluding hydrogens is 478 g/mol. The van der Waals surface area contributed by atoms with Gasteiger partial charge in [-0.25, -0.2) is 8.78 Å². The van der Waals surface area contributed by atoms with Crippen LogP contribution in [0.15, 0.2) is 42.6 Å². The van der Waals surface area contributed by atoms with Crippen LogP contribution in [-0.4, -0.2) is 54.3 Å². The summed E-state index contributed by atoms with van der Waals surface area (Å²) in [6.45, 7) is 4.52. The second-order valence-electron chi connectivity index (χ2n) is 10.0. The molecular formula is C29H34F2N2O4. The Kier molecular flexibility index (Phi) is 8.59. The third-order valence-electron chi connectivity index (χ3n) is 7.49. The van der Waals surface area contributed by atoms with Gasteiger partial charge in [0.15, 0.2) is 0 Å². The normalized spacial score (nSPS) is 15.6. The number of halogens is 2. The Morgan fingerprint density at radius 3 is 2.51 bits per heavy atom. The largest absolute Gasteiger partial charge is 0.497 e. The smallest absolute Gasteiger partial charge is 0.303 e. The van der Waals surface area contributed by atoms with Crippen molar-refractivity contribution in [3.05, 3.63) is 65.4 Å². The first kappa shape index (κ1) is 26.8. The molecule has 0 radical (unpaired) electrons. The zero-order valence-corrected chi connectivity index (χ0v) is 21.4. The van der Waals surface area contributed by atoms with Crippen LogP contribution in [0.2, 0.25) is 0 Å².